The van der Waals surface area contributed by atoms with E-state index in [-0.39, 0.29) is 5.54 Å². The van der Waals surface area contributed by atoms with Gasteiger partial charge in [0.15, 0.2) is 0 Å². The summed E-state index contributed by atoms with van der Waals surface area (Å²) in [6.07, 6.45) is 2.74. The number of nitrogens with zero attached hydrogens (tertiary/aromatic N) is 1. The summed E-state index contributed by atoms with van der Waals surface area (Å²) in [5.74, 6) is 0. The molecule has 102 valence electrons. The molecule has 3 unspecified atom stereocenters. The van der Waals surface area contributed by atoms with Gasteiger partial charge in [-0.3, -0.25) is 4.90 Å². The number of ether oxygens (including phenoxy) is 1. The van der Waals surface area contributed by atoms with E-state index in [4.69, 9.17) is 4.74 Å². The van der Waals surface area contributed by atoms with Crippen molar-refractivity contribution in [3.63, 3.8) is 0 Å². The van der Waals surface area contributed by atoms with Gasteiger partial charge in [-0.05, 0) is 40.2 Å². The van der Waals surface area contributed by atoms with Gasteiger partial charge in [0.05, 0.1) is 12.7 Å². The highest BCUT2D eigenvalue weighted by atomic mass is 16.5. The van der Waals surface area contributed by atoms with Crippen LogP contribution in [0.25, 0.3) is 0 Å². The van der Waals surface area contributed by atoms with Gasteiger partial charge in [-0.15, -0.1) is 0 Å². The molecule has 1 saturated heterocycles. The zero-order valence-corrected chi connectivity index (χ0v) is 12.3. The average molecular weight is 242 g/mol. The molecule has 0 bridgehead atoms. The number of morpholine rings is 1. The van der Waals surface area contributed by atoms with E-state index in [1.165, 1.54) is 12.8 Å². The summed E-state index contributed by atoms with van der Waals surface area (Å²) >= 11 is 0. The van der Waals surface area contributed by atoms with Crippen LogP contribution in [0.5, 0.6) is 0 Å². The topological polar surface area (TPSA) is 24.5 Å². The quantitative estimate of drug-likeness (QED) is 0.773. The molecule has 1 N–H and O–H groups in total. The Morgan fingerprint density at radius 1 is 1.47 bits per heavy atom. The first-order valence-electron chi connectivity index (χ1n) is 7.14. The summed E-state index contributed by atoms with van der Waals surface area (Å²) < 4.78 is 5.65. The van der Waals surface area contributed by atoms with Gasteiger partial charge in [0.25, 0.3) is 0 Å². The van der Waals surface area contributed by atoms with Crippen molar-refractivity contribution in [2.75, 3.05) is 26.2 Å². The molecular weight excluding hydrogens is 212 g/mol. The lowest BCUT2D eigenvalue weighted by molar-refractivity contribution is -0.0676. The summed E-state index contributed by atoms with van der Waals surface area (Å²) in [4.78, 5) is 2.61. The molecule has 0 radical (unpaired) electrons. The maximum atomic E-state index is 5.65. The van der Waals surface area contributed by atoms with E-state index >= 15 is 0 Å². The molecule has 0 amide bonds. The van der Waals surface area contributed by atoms with Gasteiger partial charge in [-0.1, -0.05) is 13.8 Å². The van der Waals surface area contributed by atoms with Crippen molar-refractivity contribution in [3.8, 4) is 0 Å². The van der Waals surface area contributed by atoms with Gasteiger partial charge in [0, 0.05) is 24.7 Å². The highest BCUT2D eigenvalue weighted by Crippen LogP contribution is 2.26. The molecule has 0 aromatic heterocycles. The molecule has 3 atom stereocenters. The molecule has 0 saturated carbocycles. The molecule has 3 heteroatoms. The zero-order chi connectivity index (χ0) is 12.9. The van der Waals surface area contributed by atoms with E-state index in [0.29, 0.717) is 12.1 Å². The van der Waals surface area contributed by atoms with E-state index in [9.17, 15) is 0 Å². The fourth-order valence-electron chi connectivity index (χ4n) is 2.67. The van der Waals surface area contributed by atoms with Gasteiger partial charge in [-0.25, -0.2) is 0 Å². The highest BCUT2D eigenvalue weighted by molar-refractivity contribution is 4.95. The molecule has 1 aliphatic rings. The van der Waals surface area contributed by atoms with Crippen molar-refractivity contribution >= 4 is 0 Å². The highest BCUT2D eigenvalue weighted by Gasteiger charge is 2.37. The van der Waals surface area contributed by atoms with Crippen molar-refractivity contribution in [2.45, 2.75) is 65.1 Å². The second-order valence-electron chi connectivity index (χ2n) is 5.51. The lowest BCUT2D eigenvalue weighted by Gasteiger charge is -2.48. The van der Waals surface area contributed by atoms with Gasteiger partial charge < -0.3 is 10.1 Å². The molecule has 0 spiro atoms. The number of hydrogen-bond donors (Lipinski definition) is 1. The Morgan fingerprint density at radius 2 is 2.18 bits per heavy atom. The van der Waals surface area contributed by atoms with E-state index in [1.807, 2.05) is 0 Å². The summed E-state index contributed by atoms with van der Waals surface area (Å²) in [5, 5.41) is 3.65. The van der Waals surface area contributed by atoms with E-state index < -0.39 is 0 Å². The lowest BCUT2D eigenvalue weighted by Crippen LogP contribution is -2.62. The van der Waals surface area contributed by atoms with Crippen LogP contribution in [-0.2, 0) is 4.74 Å². The SMILES string of the molecule is CCCNC(C)C(C)(CC)N1CCOC(C)C1. The second-order valence-corrected chi connectivity index (χ2v) is 5.51. The summed E-state index contributed by atoms with van der Waals surface area (Å²) in [5.41, 5.74) is 0.243. The maximum Gasteiger partial charge on any atom is 0.0674 e. The van der Waals surface area contributed by atoms with Crippen LogP contribution >= 0.6 is 0 Å². The predicted octanol–water partition coefficient (Wildman–Crippen LogP) is 2.26. The van der Waals surface area contributed by atoms with Gasteiger partial charge in [0.2, 0.25) is 0 Å². The Kier molecular flexibility index (Phi) is 5.90. The largest absolute Gasteiger partial charge is 0.376 e. The third-order valence-electron chi connectivity index (χ3n) is 4.31. The Bertz CT molecular complexity index is 222. The van der Waals surface area contributed by atoms with Crippen molar-refractivity contribution in [1.29, 1.82) is 0 Å². The molecule has 3 nitrogen and oxygen atoms in total. The van der Waals surface area contributed by atoms with Gasteiger partial charge in [0.1, 0.15) is 0 Å². The molecule has 1 aliphatic heterocycles. The zero-order valence-electron chi connectivity index (χ0n) is 12.3. The van der Waals surface area contributed by atoms with Crippen molar-refractivity contribution < 1.29 is 4.74 Å². The fraction of sp³-hybridized carbons (Fsp3) is 1.00. The number of nitrogens with one attached hydrogen (secondary N) is 1. The Labute approximate surface area is 107 Å². The molecule has 0 aromatic carbocycles. The minimum Gasteiger partial charge on any atom is -0.376 e. The Balaban J connectivity index is 2.64. The molecule has 0 aliphatic carbocycles. The molecule has 17 heavy (non-hydrogen) atoms. The molecule has 0 aromatic rings. The van der Waals surface area contributed by atoms with Crippen LogP contribution in [0.1, 0.15) is 47.5 Å². The average Bonchev–Trinajstić information content (AvgIpc) is 2.34. The van der Waals surface area contributed by atoms with Crippen LogP contribution in [0.15, 0.2) is 0 Å². The summed E-state index contributed by atoms with van der Waals surface area (Å²) in [7, 11) is 0. The summed E-state index contributed by atoms with van der Waals surface area (Å²) in [6.45, 7) is 15.5. The lowest BCUT2D eigenvalue weighted by atomic mass is 9.87. The first-order chi connectivity index (χ1) is 8.04. The van der Waals surface area contributed by atoms with Crippen LogP contribution < -0.4 is 5.32 Å². The van der Waals surface area contributed by atoms with Crippen LogP contribution in [0.3, 0.4) is 0 Å². The molecular formula is C14H30N2O. The Hall–Kier alpha value is -0.120. The first kappa shape index (κ1) is 14.9. The molecule has 1 fully saturated rings. The number of rotatable bonds is 6. The van der Waals surface area contributed by atoms with E-state index in [1.54, 1.807) is 0 Å². The molecule has 1 heterocycles. The first-order valence-corrected chi connectivity index (χ1v) is 7.14. The fourth-order valence-corrected chi connectivity index (χ4v) is 2.67. The second kappa shape index (κ2) is 6.72. The van der Waals surface area contributed by atoms with Crippen molar-refractivity contribution in [1.82, 2.24) is 10.2 Å². The van der Waals surface area contributed by atoms with E-state index in [2.05, 4.69) is 44.8 Å². The normalized spacial score (nSPS) is 27.7. The minimum atomic E-state index is 0.243. The third kappa shape index (κ3) is 3.67. The monoisotopic (exact) mass is 242 g/mol. The third-order valence-corrected chi connectivity index (χ3v) is 4.31. The van der Waals surface area contributed by atoms with Crippen LogP contribution in [0, 0.1) is 0 Å². The molecule has 1 rings (SSSR count). The van der Waals surface area contributed by atoms with Gasteiger partial charge in [-0.2, -0.15) is 0 Å². The van der Waals surface area contributed by atoms with Crippen LogP contribution in [0.4, 0.5) is 0 Å². The van der Waals surface area contributed by atoms with Crippen molar-refractivity contribution in [2.24, 2.45) is 0 Å². The summed E-state index contributed by atoms with van der Waals surface area (Å²) in [6, 6.07) is 0.526. The van der Waals surface area contributed by atoms with Crippen LogP contribution in [0.2, 0.25) is 0 Å². The minimum absolute atomic E-state index is 0.243. The predicted molar refractivity (Wildman–Crippen MR) is 73.4 cm³/mol. The Morgan fingerprint density at radius 3 is 2.71 bits per heavy atom. The maximum absolute atomic E-state index is 5.65. The van der Waals surface area contributed by atoms with E-state index in [0.717, 1.165) is 26.2 Å². The smallest absolute Gasteiger partial charge is 0.0674 e. The van der Waals surface area contributed by atoms with Crippen LogP contribution in [-0.4, -0.2) is 48.8 Å². The van der Waals surface area contributed by atoms with Gasteiger partial charge >= 0.3 is 0 Å². The standard InChI is InChI=1S/C14H30N2O/c1-6-8-15-13(4)14(5,7-2)16-9-10-17-12(3)11-16/h12-13,15H,6-11H2,1-5H3. The number of hydrogen-bond acceptors (Lipinski definition) is 3. The van der Waals surface area contributed by atoms with Crippen molar-refractivity contribution in [3.05, 3.63) is 0 Å².